The third kappa shape index (κ3) is 3.32. The fraction of sp³-hybridized carbons (Fsp3) is 0.167. The topological polar surface area (TPSA) is 88.6 Å². The maximum Gasteiger partial charge on any atom is 0.341 e. The summed E-state index contributed by atoms with van der Waals surface area (Å²) in [6.07, 6.45) is 8.48. The van der Waals surface area contributed by atoms with Crippen LogP contribution >= 0.6 is 0 Å². The molecule has 2 aromatic carbocycles. The number of carboxylic acid groups (broad SMARTS) is 1. The van der Waals surface area contributed by atoms with Crippen LogP contribution in [0.4, 0.5) is 18.9 Å². The Kier molecular flexibility index (Phi) is 4.68. The van der Waals surface area contributed by atoms with E-state index in [0.29, 0.717) is 19.2 Å². The molecule has 0 spiro atoms. The smallest absolute Gasteiger partial charge is 0.341 e. The molecule has 0 radical (unpaired) electrons. The molecule has 1 aliphatic heterocycles. The lowest BCUT2D eigenvalue weighted by Crippen LogP contribution is -2.46. The number of anilines is 1. The average molecular weight is 453 g/mol. The minimum absolute atomic E-state index is 0.0521. The first kappa shape index (κ1) is 21.0. The van der Waals surface area contributed by atoms with Crippen molar-refractivity contribution in [1.82, 2.24) is 4.57 Å². The van der Waals surface area contributed by atoms with Crippen molar-refractivity contribution in [1.29, 1.82) is 0 Å². The fourth-order valence-electron chi connectivity index (χ4n) is 4.56. The van der Waals surface area contributed by atoms with Crippen LogP contribution in [-0.4, -0.2) is 34.3 Å². The Bertz CT molecular complexity index is 1450. The van der Waals surface area contributed by atoms with Gasteiger partial charge >= 0.3 is 5.97 Å². The number of halogens is 3. The molecule has 1 aliphatic carbocycles. The summed E-state index contributed by atoms with van der Waals surface area (Å²) in [7, 11) is 0. The predicted octanol–water partition coefficient (Wildman–Crippen LogP) is 3.37. The molecule has 0 amide bonds. The molecule has 2 atom stereocenters. The highest BCUT2D eigenvalue weighted by Gasteiger charge is 2.42. The molecule has 2 unspecified atom stereocenters. The van der Waals surface area contributed by atoms with Crippen LogP contribution in [0.3, 0.4) is 0 Å². The molecule has 1 fully saturated rings. The monoisotopic (exact) mass is 453 g/mol. The summed E-state index contributed by atoms with van der Waals surface area (Å²) in [6, 6.07) is 5.10. The first-order chi connectivity index (χ1) is 15.7. The molecule has 6 nitrogen and oxygen atoms in total. The molecule has 3 aromatic rings. The number of benzene rings is 2. The van der Waals surface area contributed by atoms with Gasteiger partial charge in [0.1, 0.15) is 23.0 Å². The van der Waals surface area contributed by atoms with Crippen LogP contribution in [0.15, 0.2) is 65.6 Å². The highest BCUT2D eigenvalue weighted by Crippen LogP contribution is 2.36. The van der Waals surface area contributed by atoms with Gasteiger partial charge in [0, 0.05) is 36.7 Å². The molecule has 5 rings (SSSR count). The van der Waals surface area contributed by atoms with Crippen LogP contribution in [0.25, 0.3) is 16.6 Å². The minimum Gasteiger partial charge on any atom is -0.477 e. The molecule has 2 heterocycles. The number of nitrogens with two attached hydrogens (primary N) is 1. The summed E-state index contributed by atoms with van der Waals surface area (Å²) in [5, 5.41) is 9.22. The number of pyridine rings is 1. The van der Waals surface area contributed by atoms with Crippen molar-refractivity contribution in [2.75, 3.05) is 18.0 Å². The Balaban J connectivity index is 1.75. The second kappa shape index (κ2) is 7.35. The number of hydrogen-bond donors (Lipinski definition) is 2. The fourth-order valence-corrected chi connectivity index (χ4v) is 4.56. The van der Waals surface area contributed by atoms with Crippen LogP contribution in [-0.2, 0) is 0 Å². The summed E-state index contributed by atoms with van der Waals surface area (Å²) in [6.45, 7) is 0.728. The third-order valence-electron chi connectivity index (χ3n) is 6.25. The molecule has 0 bridgehead atoms. The zero-order valence-corrected chi connectivity index (χ0v) is 17.1. The first-order valence-electron chi connectivity index (χ1n) is 10.2. The lowest BCUT2D eigenvalue weighted by atomic mass is 9.85. The predicted molar refractivity (Wildman–Crippen MR) is 117 cm³/mol. The molecule has 168 valence electrons. The maximum absolute atomic E-state index is 15.2. The van der Waals surface area contributed by atoms with Crippen molar-refractivity contribution in [3.8, 4) is 5.69 Å². The summed E-state index contributed by atoms with van der Waals surface area (Å²) in [4.78, 5) is 26.1. The van der Waals surface area contributed by atoms with Crippen molar-refractivity contribution < 1.29 is 23.1 Å². The Hall–Kier alpha value is -3.85. The van der Waals surface area contributed by atoms with E-state index in [1.165, 1.54) is 6.07 Å². The molecular weight excluding hydrogens is 435 g/mol. The number of carbonyl (C=O) groups is 1. The van der Waals surface area contributed by atoms with Gasteiger partial charge in [-0.25, -0.2) is 18.0 Å². The van der Waals surface area contributed by atoms with Gasteiger partial charge in [-0.1, -0.05) is 24.3 Å². The van der Waals surface area contributed by atoms with E-state index < -0.39 is 40.0 Å². The van der Waals surface area contributed by atoms with Crippen molar-refractivity contribution >= 4 is 22.6 Å². The summed E-state index contributed by atoms with van der Waals surface area (Å²) in [5.74, 6) is -4.12. The number of hydrogen-bond acceptors (Lipinski definition) is 4. The van der Waals surface area contributed by atoms with Gasteiger partial charge < -0.3 is 20.3 Å². The molecule has 9 heteroatoms. The van der Waals surface area contributed by atoms with Gasteiger partial charge in [0.05, 0.1) is 22.4 Å². The van der Waals surface area contributed by atoms with E-state index in [2.05, 4.69) is 0 Å². The summed E-state index contributed by atoms with van der Waals surface area (Å²) >= 11 is 0. The number of rotatable bonds is 3. The van der Waals surface area contributed by atoms with Crippen LogP contribution in [0.5, 0.6) is 0 Å². The number of aromatic nitrogens is 1. The zero-order chi connectivity index (χ0) is 23.5. The van der Waals surface area contributed by atoms with Crippen molar-refractivity contribution in [3.05, 3.63) is 94.1 Å². The van der Waals surface area contributed by atoms with Gasteiger partial charge in [0.25, 0.3) is 0 Å². The quantitative estimate of drug-likeness (QED) is 0.635. The highest BCUT2D eigenvalue weighted by molar-refractivity contribution is 5.94. The third-order valence-corrected chi connectivity index (χ3v) is 6.25. The Morgan fingerprint density at radius 1 is 1.09 bits per heavy atom. The number of allylic oxidation sites excluding steroid dienone is 2. The number of aromatic carboxylic acids is 1. The summed E-state index contributed by atoms with van der Waals surface area (Å²) < 4.78 is 44.4. The van der Waals surface area contributed by atoms with E-state index in [4.69, 9.17) is 5.73 Å². The van der Waals surface area contributed by atoms with E-state index in [0.717, 1.165) is 29.0 Å². The molecule has 33 heavy (non-hydrogen) atoms. The Morgan fingerprint density at radius 2 is 1.85 bits per heavy atom. The summed E-state index contributed by atoms with van der Waals surface area (Å²) in [5.41, 5.74) is 4.26. The van der Waals surface area contributed by atoms with E-state index >= 15 is 4.39 Å². The largest absolute Gasteiger partial charge is 0.477 e. The standard InChI is InChI=1S/C24H18F3N3O3/c25-14-4-5-19(17(26)7-14)30-11-16(23(32)33)22(31)15-8-18(27)21(9-20(15)30)29-10-13-3-1-2-6-24(13,28)12-29/h1-9,11,13H,10,12,28H2,(H,32,33). The average Bonchev–Trinajstić information content (AvgIpc) is 3.11. The van der Waals surface area contributed by atoms with Gasteiger partial charge in [0.2, 0.25) is 5.43 Å². The number of fused-ring (bicyclic) bond motifs is 2. The van der Waals surface area contributed by atoms with Gasteiger partial charge in [-0.15, -0.1) is 0 Å². The molecule has 0 saturated carbocycles. The minimum atomic E-state index is -1.55. The van der Waals surface area contributed by atoms with Crippen LogP contribution in [0, 0.1) is 23.4 Å². The first-order valence-corrected chi connectivity index (χ1v) is 10.2. The lowest BCUT2D eigenvalue weighted by Gasteiger charge is -2.26. The normalized spacial score (nSPS) is 21.6. The van der Waals surface area contributed by atoms with E-state index in [1.54, 1.807) is 4.90 Å². The van der Waals surface area contributed by atoms with Crippen LogP contribution < -0.4 is 16.1 Å². The molecule has 2 aliphatic rings. The van der Waals surface area contributed by atoms with Gasteiger partial charge in [-0.3, -0.25) is 4.79 Å². The number of nitrogens with zero attached hydrogens (tertiary/aromatic N) is 2. The van der Waals surface area contributed by atoms with Gasteiger partial charge in [-0.2, -0.15) is 0 Å². The Morgan fingerprint density at radius 3 is 2.55 bits per heavy atom. The SMILES string of the molecule is NC12C=CC=CC1CN(c1cc3c(cc1F)c(=O)c(C(=O)O)cn3-c1ccc(F)cc1F)C2. The van der Waals surface area contributed by atoms with Crippen LogP contribution in [0.1, 0.15) is 10.4 Å². The number of carboxylic acids is 1. The second-order valence-electron chi connectivity index (χ2n) is 8.31. The van der Waals surface area contributed by atoms with E-state index in [1.807, 2.05) is 24.3 Å². The molecular formula is C24H18F3N3O3. The van der Waals surface area contributed by atoms with E-state index in [9.17, 15) is 23.5 Å². The zero-order valence-electron chi connectivity index (χ0n) is 17.1. The molecule has 1 aromatic heterocycles. The van der Waals surface area contributed by atoms with Crippen molar-refractivity contribution in [2.24, 2.45) is 11.7 Å². The van der Waals surface area contributed by atoms with E-state index in [-0.39, 0.29) is 28.2 Å². The van der Waals surface area contributed by atoms with Gasteiger partial charge in [-0.05, 0) is 24.3 Å². The maximum atomic E-state index is 15.2. The Labute approximate surface area is 185 Å². The highest BCUT2D eigenvalue weighted by atomic mass is 19.1. The lowest BCUT2D eigenvalue weighted by molar-refractivity contribution is 0.0695. The van der Waals surface area contributed by atoms with Crippen molar-refractivity contribution in [3.63, 3.8) is 0 Å². The molecule has 3 N–H and O–H groups in total. The second-order valence-corrected chi connectivity index (χ2v) is 8.31. The molecule has 1 saturated heterocycles. The van der Waals surface area contributed by atoms with Gasteiger partial charge in [0.15, 0.2) is 0 Å². The van der Waals surface area contributed by atoms with Crippen molar-refractivity contribution in [2.45, 2.75) is 5.54 Å². The van der Waals surface area contributed by atoms with Crippen LogP contribution in [0.2, 0.25) is 0 Å².